The molecule has 0 unspecified atom stereocenters. The van der Waals surface area contributed by atoms with E-state index < -0.39 is 50.3 Å². The molecule has 4 rings (SSSR count). The molecule has 0 saturated carbocycles. The minimum atomic E-state index is -4.67. The maximum absolute atomic E-state index is 12.9. The van der Waals surface area contributed by atoms with Crippen molar-refractivity contribution in [2.24, 2.45) is 11.8 Å². The number of carbonyl (C=O) groups excluding carboxylic acids is 4. The number of amides is 4. The molecule has 206 valence electrons. The zero-order valence-electron chi connectivity index (χ0n) is 20.2. The normalized spacial score (nSPS) is 19.0. The van der Waals surface area contributed by atoms with E-state index in [0.29, 0.717) is 18.9 Å². The number of sulfonamides is 1. The van der Waals surface area contributed by atoms with Gasteiger partial charge in [0.2, 0.25) is 17.7 Å². The largest absolute Gasteiger partial charge is 0.416 e. The molecule has 0 radical (unpaired) electrons. The molecule has 2 aliphatic rings. The van der Waals surface area contributed by atoms with Crippen LogP contribution in [-0.4, -0.2) is 43.5 Å². The fourth-order valence-corrected chi connectivity index (χ4v) is 5.44. The van der Waals surface area contributed by atoms with Crippen molar-refractivity contribution in [1.82, 2.24) is 15.8 Å². The van der Waals surface area contributed by atoms with E-state index in [1.54, 1.807) is 0 Å². The van der Waals surface area contributed by atoms with Crippen molar-refractivity contribution in [2.45, 2.75) is 30.3 Å². The van der Waals surface area contributed by atoms with Gasteiger partial charge in [-0.15, -0.1) is 0 Å². The standard InChI is InChI=1S/C25H23F3N4O6S/c26-25(27,28)16-6-4-7-17(14-16)31-39(37,38)18-8-3-5-15(13-18)22(34)30-29-21(33)11-12-32-23(35)19-9-1-2-10-20(19)24(32)36/h1-8,13-14,19-20,31H,9-12H2,(H,29,33)(H,30,34)/t19-,20-/m1/s1. The van der Waals surface area contributed by atoms with Crippen molar-refractivity contribution in [3.05, 3.63) is 71.8 Å². The van der Waals surface area contributed by atoms with Crippen LogP contribution in [0.4, 0.5) is 18.9 Å². The fraction of sp³-hybridized carbons (Fsp3) is 0.280. The lowest BCUT2D eigenvalue weighted by Crippen LogP contribution is -2.43. The molecule has 10 nitrogen and oxygen atoms in total. The summed E-state index contributed by atoms with van der Waals surface area (Å²) in [6.07, 6.45) is -0.296. The van der Waals surface area contributed by atoms with Gasteiger partial charge in [-0.25, -0.2) is 8.42 Å². The lowest BCUT2D eigenvalue weighted by Gasteiger charge is -2.15. The number of hydrogen-bond acceptors (Lipinski definition) is 6. The van der Waals surface area contributed by atoms with E-state index in [9.17, 15) is 40.8 Å². The van der Waals surface area contributed by atoms with E-state index in [1.807, 2.05) is 16.9 Å². The smallest absolute Gasteiger partial charge is 0.282 e. The molecule has 1 fully saturated rings. The van der Waals surface area contributed by atoms with Gasteiger partial charge in [0.1, 0.15) is 0 Å². The molecule has 1 heterocycles. The van der Waals surface area contributed by atoms with Crippen LogP contribution in [0.5, 0.6) is 0 Å². The van der Waals surface area contributed by atoms with E-state index in [1.165, 1.54) is 12.1 Å². The monoisotopic (exact) mass is 564 g/mol. The lowest BCUT2D eigenvalue weighted by atomic mass is 9.85. The maximum Gasteiger partial charge on any atom is 0.416 e. The number of rotatable bonds is 7. The summed E-state index contributed by atoms with van der Waals surface area (Å²) in [5.74, 6) is -3.06. The van der Waals surface area contributed by atoms with Crippen molar-refractivity contribution in [1.29, 1.82) is 0 Å². The van der Waals surface area contributed by atoms with Crippen LogP contribution in [0.15, 0.2) is 65.6 Å². The number of likely N-dealkylation sites (tertiary alicyclic amines) is 1. The van der Waals surface area contributed by atoms with Crippen LogP contribution < -0.4 is 15.6 Å². The molecule has 0 bridgehead atoms. The first kappa shape index (κ1) is 27.8. The molecule has 1 aliphatic heterocycles. The van der Waals surface area contributed by atoms with Crippen LogP contribution in [-0.2, 0) is 30.6 Å². The minimum Gasteiger partial charge on any atom is -0.282 e. The second kappa shape index (κ2) is 10.9. The number of hydrazine groups is 1. The third-order valence-electron chi connectivity index (χ3n) is 6.33. The van der Waals surface area contributed by atoms with Gasteiger partial charge in [0.05, 0.1) is 22.3 Å². The van der Waals surface area contributed by atoms with Gasteiger partial charge in [-0.05, 0) is 49.2 Å². The molecule has 14 heteroatoms. The molecule has 2 aromatic rings. The number of imide groups is 1. The first-order chi connectivity index (χ1) is 18.4. The van der Waals surface area contributed by atoms with E-state index in [4.69, 9.17) is 0 Å². The van der Waals surface area contributed by atoms with Gasteiger partial charge in [0, 0.05) is 24.2 Å². The van der Waals surface area contributed by atoms with Gasteiger partial charge < -0.3 is 0 Å². The van der Waals surface area contributed by atoms with E-state index >= 15 is 0 Å². The second-order valence-corrected chi connectivity index (χ2v) is 10.6. The van der Waals surface area contributed by atoms with Gasteiger partial charge in [-0.2, -0.15) is 13.2 Å². The summed E-state index contributed by atoms with van der Waals surface area (Å²) >= 11 is 0. The molecule has 0 aromatic heterocycles. The van der Waals surface area contributed by atoms with Gasteiger partial charge >= 0.3 is 6.18 Å². The lowest BCUT2D eigenvalue weighted by molar-refractivity contribution is -0.140. The number of halogens is 3. The van der Waals surface area contributed by atoms with Crippen molar-refractivity contribution in [3.8, 4) is 0 Å². The van der Waals surface area contributed by atoms with Crippen LogP contribution >= 0.6 is 0 Å². The van der Waals surface area contributed by atoms with Crippen molar-refractivity contribution in [2.75, 3.05) is 11.3 Å². The van der Waals surface area contributed by atoms with E-state index in [-0.39, 0.29) is 36.0 Å². The Balaban J connectivity index is 1.33. The Morgan fingerprint density at radius 3 is 2.21 bits per heavy atom. The molecule has 2 atom stereocenters. The van der Waals surface area contributed by atoms with Crippen LogP contribution in [0, 0.1) is 11.8 Å². The molecular formula is C25H23F3N4O6S. The molecule has 39 heavy (non-hydrogen) atoms. The van der Waals surface area contributed by atoms with E-state index in [0.717, 1.165) is 35.2 Å². The van der Waals surface area contributed by atoms with Gasteiger partial charge in [-0.3, -0.25) is 39.7 Å². The Kier molecular flexibility index (Phi) is 7.77. The highest BCUT2D eigenvalue weighted by Gasteiger charge is 2.46. The molecule has 2 aromatic carbocycles. The van der Waals surface area contributed by atoms with Crippen LogP contribution in [0.3, 0.4) is 0 Å². The van der Waals surface area contributed by atoms with E-state index in [2.05, 4.69) is 10.9 Å². The Labute approximate surface area is 221 Å². The van der Waals surface area contributed by atoms with Gasteiger partial charge in [-0.1, -0.05) is 24.3 Å². The number of anilines is 1. The summed E-state index contributed by atoms with van der Waals surface area (Å²) in [5, 5.41) is 0. The quantitative estimate of drug-likeness (QED) is 0.268. The predicted molar refractivity (Wildman–Crippen MR) is 131 cm³/mol. The van der Waals surface area contributed by atoms with Crippen LogP contribution in [0.1, 0.15) is 35.2 Å². The SMILES string of the molecule is O=C(CCN1C(=O)[C@@H]2CC=CC[C@H]2C1=O)NNC(=O)c1cccc(S(=O)(=O)Nc2cccc(C(F)(F)F)c2)c1. The highest BCUT2D eigenvalue weighted by atomic mass is 32.2. The number of alkyl halides is 3. The highest BCUT2D eigenvalue weighted by molar-refractivity contribution is 7.92. The number of allylic oxidation sites excluding steroid dienone is 2. The number of benzene rings is 2. The summed E-state index contributed by atoms with van der Waals surface area (Å²) in [5.41, 5.74) is 2.74. The number of carbonyl (C=O) groups is 4. The van der Waals surface area contributed by atoms with Crippen molar-refractivity contribution >= 4 is 39.3 Å². The summed E-state index contributed by atoms with van der Waals surface area (Å²) in [6, 6.07) is 8.26. The number of nitrogens with zero attached hydrogens (tertiary/aromatic N) is 1. The topological polar surface area (TPSA) is 142 Å². The van der Waals surface area contributed by atoms with Gasteiger partial charge in [0.15, 0.2) is 0 Å². The van der Waals surface area contributed by atoms with Gasteiger partial charge in [0.25, 0.3) is 15.9 Å². The van der Waals surface area contributed by atoms with Crippen molar-refractivity contribution in [3.63, 3.8) is 0 Å². The average molecular weight is 565 g/mol. The molecule has 1 aliphatic carbocycles. The Bertz CT molecular complexity index is 1430. The molecular weight excluding hydrogens is 541 g/mol. The molecule has 3 N–H and O–H groups in total. The van der Waals surface area contributed by atoms with Crippen LogP contribution in [0.2, 0.25) is 0 Å². The predicted octanol–water partition coefficient (Wildman–Crippen LogP) is 2.61. The summed E-state index contributed by atoms with van der Waals surface area (Å²) in [4.78, 5) is 50.3. The minimum absolute atomic E-state index is 0.151. The first-order valence-corrected chi connectivity index (χ1v) is 13.2. The fourth-order valence-electron chi connectivity index (χ4n) is 4.34. The summed E-state index contributed by atoms with van der Waals surface area (Å²) in [7, 11) is -4.36. The Morgan fingerprint density at radius 2 is 1.56 bits per heavy atom. The summed E-state index contributed by atoms with van der Waals surface area (Å²) < 4.78 is 66.2. The average Bonchev–Trinajstić information content (AvgIpc) is 3.14. The Hall–Kier alpha value is -4.20. The van der Waals surface area contributed by atoms with Crippen LogP contribution in [0.25, 0.3) is 0 Å². The first-order valence-electron chi connectivity index (χ1n) is 11.8. The zero-order valence-corrected chi connectivity index (χ0v) is 21.0. The number of nitrogens with one attached hydrogen (secondary N) is 3. The third-order valence-corrected chi connectivity index (χ3v) is 7.70. The molecule has 0 spiro atoms. The number of fused-ring (bicyclic) bond motifs is 1. The second-order valence-electron chi connectivity index (χ2n) is 8.95. The molecule has 4 amide bonds. The highest BCUT2D eigenvalue weighted by Crippen LogP contribution is 2.35. The Morgan fingerprint density at radius 1 is 0.923 bits per heavy atom. The van der Waals surface area contributed by atoms with Crippen molar-refractivity contribution < 1.29 is 40.8 Å². The summed E-state index contributed by atoms with van der Waals surface area (Å²) in [6.45, 7) is -0.151. The molecule has 1 saturated heterocycles. The number of hydrogen-bond donors (Lipinski definition) is 3. The third kappa shape index (κ3) is 6.28. The maximum atomic E-state index is 12.9. The zero-order chi connectivity index (χ0) is 28.4.